The summed E-state index contributed by atoms with van der Waals surface area (Å²) in [4.78, 5) is 32.8. The van der Waals surface area contributed by atoms with Crippen molar-refractivity contribution in [2.45, 2.75) is 4.90 Å². The van der Waals surface area contributed by atoms with Crippen molar-refractivity contribution >= 4 is 44.8 Å². The molecule has 0 unspecified atom stereocenters. The van der Waals surface area contributed by atoms with E-state index in [9.17, 15) is 18.0 Å². The Hall–Kier alpha value is -2.56. The van der Waals surface area contributed by atoms with Gasteiger partial charge in [0.15, 0.2) is 0 Å². The van der Waals surface area contributed by atoms with Crippen LogP contribution in [0.4, 0.5) is 11.6 Å². The maximum Gasteiger partial charge on any atom is 1.00 e. The average Bonchev–Trinajstić information content (AvgIpc) is 2.76. The Kier molecular flexibility index (Phi) is 6.93. The minimum atomic E-state index is -3.90. The summed E-state index contributed by atoms with van der Waals surface area (Å²) in [6.45, 7) is 0. The number of anilines is 2. The summed E-state index contributed by atoms with van der Waals surface area (Å²) < 4.78 is 27.2. The van der Waals surface area contributed by atoms with E-state index >= 15 is 0 Å². The van der Waals surface area contributed by atoms with Gasteiger partial charge in [-0.15, -0.1) is 0 Å². The second-order valence-electron chi connectivity index (χ2n) is 6.22. The monoisotopic (exact) mass is 463 g/mol. The third-order valence-corrected chi connectivity index (χ3v) is 5.99. The van der Waals surface area contributed by atoms with Crippen molar-refractivity contribution in [3.05, 3.63) is 88.8 Å². The van der Waals surface area contributed by atoms with Crippen LogP contribution >= 0.6 is 11.6 Å². The number of benzene rings is 2. The predicted octanol–water partition coefficient (Wildman–Crippen LogP) is 0.223. The molecule has 0 aliphatic heterocycles. The van der Waals surface area contributed by atoms with Crippen molar-refractivity contribution in [2.75, 3.05) is 10.0 Å². The fourth-order valence-corrected chi connectivity index (χ4v) is 4.04. The first kappa shape index (κ1) is 23.1. The first-order valence-electron chi connectivity index (χ1n) is 8.62. The summed E-state index contributed by atoms with van der Waals surface area (Å²) >= 11 is 6.13. The Morgan fingerprint density at radius 2 is 1.39 bits per heavy atom. The van der Waals surface area contributed by atoms with Gasteiger partial charge in [-0.2, -0.15) is 0 Å². The SMILES string of the molecule is O=C1C(Cl)=C(Nc2ccc(S(=O)(=O)Nc3ncccn3)cc2)C(=O)c2ccccc21.[Na+]. The quantitative estimate of drug-likeness (QED) is 0.520. The molecular weight excluding hydrogens is 451 g/mol. The molecular formula is C20H13ClN4NaO4S+. The minimum Gasteiger partial charge on any atom is -0.351 e. The first-order chi connectivity index (χ1) is 14.4. The number of ketones is 2. The van der Waals surface area contributed by atoms with Gasteiger partial charge < -0.3 is 5.32 Å². The number of hydrogen-bond donors (Lipinski definition) is 2. The molecule has 1 aliphatic carbocycles. The maximum absolute atomic E-state index is 12.7. The number of hydrogen-bond acceptors (Lipinski definition) is 7. The second kappa shape index (κ2) is 9.29. The zero-order valence-electron chi connectivity index (χ0n) is 16.2. The number of aromatic nitrogens is 2. The third kappa shape index (κ3) is 4.70. The van der Waals surface area contributed by atoms with Gasteiger partial charge in [0.1, 0.15) is 10.7 Å². The van der Waals surface area contributed by atoms with Crippen LogP contribution in [0.15, 0.2) is 82.6 Å². The topological polar surface area (TPSA) is 118 Å². The Balaban J connectivity index is 0.00000272. The molecule has 2 aromatic carbocycles. The molecule has 150 valence electrons. The van der Waals surface area contributed by atoms with Crippen molar-refractivity contribution in [1.29, 1.82) is 0 Å². The van der Waals surface area contributed by atoms with E-state index in [1.54, 1.807) is 24.3 Å². The molecule has 1 aliphatic rings. The van der Waals surface area contributed by atoms with Crippen molar-refractivity contribution in [3.63, 3.8) is 0 Å². The number of sulfonamides is 1. The Labute approximate surface area is 205 Å². The largest absolute Gasteiger partial charge is 1.00 e. The zero-order chi connectivity index (χ0) is 21.3. The van der Waals surface area contributed by atoms with Gasteiger partial charge in [-0.1, -0.05) is 35.9 Å². The number of rotatable bonds is 5. The third-order valence-electron chi connectivity index (χ3n) is 4.29. The van der Waals surface area contributed by atoms with Crippen LogP contribution in [0, 0.1) is 0 Å². The summed E-state index contributed by atoms with van der Waals surface area (Å²) in [6, 6.07) is 13.5. The van der Waals surface area contributed by atoms with E-state index in [2.05, 4.69) is 20.0 Å². The fraction of sp³-hybridized carbons (Fsp3) is 0. The minimum absolute atomic E-state index is 0. The Bertz CT molecular complexity index is 1300. The van der Waals surface area contributed by atoms with Gasteiger partial charge in [0.05, 0.1) is 4.90 Å². The fourth-order valence-electron chi connectivity index (χ4n) is 2.85. The smallest absolute Gasteiger partial charge is 0.351 e. The molecule has 0 bridgehead atoms. The molecule has 3 aromatic rings. The van der Waals surface area contributed by atoms with Gasteiger partial charge in [-0.05, 0) is 30.3 Å². The molecule has 0 amide bonds. The molecule has 0 saturated heterocycles. The molecule has 1 heterocycles. The molecule has 11 heteroatoms. The van der Waals surface area contributed by atoms with Crippen LogP contribution in [0.3, 0.4) is 0 Å². The van der Waals surface area contributed by atoms with Gasteiger partial charge in [-0.3, -0.25) is 9.59 Å². The molecule has 1 aromatic heterocycles. The van der Waals surface area contributed by atoms with E-state index in [-0.39, 0.29) is 62.3 Å². The molecule has 2 N–H and O–H groups in total. The number of allylic oxidation sites excluding steroid dienone is 2. The standard InChI is InChI=1S/C20H13ClN4O4S.Na/c21-16-17(19(27)15-5-2-1-4-14(15)18(16)26)24-12-6-8-13(9-7-12)30(28,29)25-20-22-10-3-11-23-20;/h1-11,24H,(H,22,23,25);/q;+1. The maximum atomic E-state index is 12.7. The molecule has 4 rings (SSSR count). The number of carbonyl (C=O) groups is 2. The molecule has 0 saturated carbocycles. The van der Waals surface area contributed by atoms with Crippen LogP contribution in [0.25, 0.3) is 0 Å². The van der Waals surface area contributed by atoms with Crippen LogP contribution in [-0.4, -0.2) is 30.0 Å². The zero-order valence-corrected chi connectivity index (χ0v) is 19.7. The number of carbonyl (C=O) groups excluding carboxylic acids is 2. The van der Waals surface area contributed by atoms with E-state index in [0.29, 0.717) is 5.69 Å². The summed E-state index contributed by atoms with van der Waals surface area (Å²) in [5.74, 6) is -0.933. The number of Topliss-reactive ketones (excluding diaryl/α,β-unsaturated/α-hetero) is 2. The molecule has 0 radical (unpaired) electrons. The van der Waals surface area contributed by atoms with Crippen LogP contribution in [-0.2, 0) is 10.0 Å². The van der Waals surface area contributed by atoms with Gasteiger partial charge in [0.2, 0.25) is 17.5 Å². The van der Waals surface area contributed by atoms with Crippen molar-refractivity contribution < 1.29 is 47.6 Å². The average molecular weight is 464 g/mol. The second-order valence-corrected chi connectivity index (χ2v) is 8.28. The molecule has 0 fully saturated rings. The van der Waals surface area contributed by atoms with Crippen LogP contribution < -0.4 is 39.6 Å². The summed E-state index contributed by atoms with van der Waals surface area (Å²) in [7, 11) is -3.90. The van der Waals surface area contributed by atoms with E-state index in [1.807, 2.05) is 0 Å². The van der Waals surface area contributed by atoms with Gasteiger partial charge >= 0.3 is 29.6 Å². The molecule has 8 nitrogen and oxygen atoms in total. The number of halogens is 1. The molecule has 0 spiro atoms. The van der Waals surface area contributed by atoms with Crippen molar-refractivity contribution in [1.82, 2.24) is 9.97 Å². The predicted molar refractivity (Wildman–Crippen MR) is 111 cm³/mol. The first-order valence-corrected chi connectivity index (χ1v) is 10.5. The number of fused-ring (bicyclic) bond motifs is 1. The number of nitrogens with one attached hydrogen (secondary N) is 2. The summed E-state index contributed by atoms with van der Waals surface area (Å²) in [5, 5.41) is 2.59. The van der Waals surface area contributed by atoms with Crippen LogP contribution in [0.2, 0.25) is 0 Å². The number of nitrogens with zero attached hydrogens (tertiary/aromatic N) is 2. The van der Waals surface area contributed by atoms with Crippen LogP contribution in [0.1, 0.15) is 20.7 Å². The van der Waals surface area contributed by atoms with Gasteiger partial charge in [0, 0.05) is 29.2 Å². The normalized spacial score (nSPS) is 13.3. The summed E-state index contributed by atoms with van der Waals surface area (Å²) in [5.41, 5.74) is 0.819. The van der Waals surface area contributed by atoms with E-state index in [0.717, 1.165) is 0 Å². The van der Waals surface area contributed by atoms with E-state index in [4.69, 9.17) is 11.6 Å². The van der Waals surface area contributed by atoms with Crippen molar-refractivity contribution in [2.24, 2.45) is 0 Å². The Morgan fingerprint density at radius 1 is 0.806 bits per heavy atom. The Morgan fingerprint density at radius 3 is 2.00 bits per heavy atom. The van der Waals surface area contributed by atoms with Gasteiger partial charge in [0.25, 0.3) is 10.0 Å². The summed E-state index contributed by atoms with van der Waals surface area (Å²) in [6.07, 6.45) is 2.83. The molecule has 0 atom stereocenters. The van der Waals surface area contributed by atoms with Crippen LogP contribution in [0.5, 0.6) is 0 Å². The molecule has 31 heavy (non-hydrogen) atoms. The van der Waals surface area contributed by atoms with Crippen molar-refractivity contribution in [3.8, 4) is 0 Å². The van der Waals surface area contributed by atoms with E-state index in [1.165, 1.54) is 42.7 Å². The van der Waals surface area contributed by atoms with E-state index < -0.39 is 21.6 Å². The van der Waals surface area contributed by atoms with Gasteiger partial charge in [-0.25, -0.2) is 23.1 Å².